The largest absolute Gasteiger partial charge is 0.481 e. The first-order chi connectivity index (χ1) is 8.20. The van der Waals surface area contributed by atoms with Crippen LogP contribution in [-0.2, 0) is 17.4 Å². The minimum absolute atomic E-state index is 0.0737. The van der Waals surface area contributed by atoms with Gasteiger partial charge in [-0.15, -0.1) is 0 Å². The van der Waals surface area contributed by atoms with E-state index in [9.17, 15) is 18.0 Å². The molecule has 0 saturated carbocycles. The molecule has 1 heterocycles. The summed E-state index contributed by atoms with van der Waals surface area (Å²) in [5.74, 6) is -1.19. The maximum atomic E-state index is 12.5. The maximum Gasteiger partial charge on any atom is 0.417 e. The number of alkyl halides is 3. The molecule has 0 saturated heterocycles. The lowest BCUT2D eigenvalue weighted by atomic mass is 9.96. The van der Waals surface area contributed by atoms with Crippen LogP contribution in [0.3, 0.4) is 0 Å². The molecule has 0 radical (unpaired) electrons. The van der Waals surface area contributed by atoms with Crippen molar-refractivity contribution in [3.8, 4) is 0 Å². The number of aromatic nitrogens is 1. The number of hydrogen-bond acceptors (Lipinski definition) is 2. The van der Waals surface area contributed by atoms with Crippen molar-refractivity contribution < 1.29 is 23.1 Å². The number of rotatable bonds is 4. The van der Waals surface area contributed by atoms with Gasteiger partial charge in [0.05, 0.1) is 5.56 Å². The minimum atomic E-state index is -4.43. The van der Waals surface area contributed by atoms with Crippen molar-refractivity contribution in [3.05, 3.63) is 29.1 Å². The summed E-state index contributed by atoms with van der Waals surface area (Å²) >= 11 is 0. The molecule has 0 aromatic carbocycles. The molecule has 0 aliphatic rings. The molecule has 3 nitrogen and oxygen atoms in total. The van der Waals surface area contributed by atoms with E-state index in [1.807, 2.05) is 0 Å². The van der Waals surface area contributed by atoms with E-state index in [4.69, 9.17) is 5.11 Å². The Morgan fingerprint density at radius 2 is 2.11 bits per heavy atom. The van der Waals surface area contributed by atoms with Crippen LogP contribution in [0.15, 0.2) is 12.3 Å². The first-order valence-electron chi connectivity index (χ1n) is 5.44. The molecule has 1 aromatic rings. The number of carbonyl (C=O) groups is 1. The van der Waals surface area contributed by atoms with Crippen LogP contribution in [0.4, 0.5) is 13.2 Å². The maximum absolute atomic E-state index is 12.5. The summed E-state index contributed by atoms with van der Waals surface area (Å²) in [6.45, 7) is 3.30. The highest BCUT2D eigenvalue weighted by Crippen LogP contribution is 2.30. The van der Waals surface area contributed by atoms with E-state index in [0.717, 1.165) is 12.3 Å². The van der Waals surface area contributed by atoms with E-state index in [1.54, 1.807) is 13.8 Å². The second kappa shape index (κ2) is 5.37. The second-order valence-electron chi connectivity index (χ2n) is 4.37. The number of carboxylic acids is 1. The summed E-state index contributed by atoms with van der Waals surface area (Å²) in [6, 6.07) is 1.04. The van der Waals surface area contributed by atoms with E-state index >= 15 is 0 Å². The Morgan fingerprint density at radius 3 is 2.61 bits per heavy atom. The van der Waals surface area contributed by atoms with Crippen LogP contribution in [0.25, 0.3) is 0 Å². The van der Waals surface area contributed by atoms with Crippen LogP contribution >= 0.6 is 0 Å². The molecule has 0 fully saturated rings. The van der Waals surface area contributed by atoms with Gasteiger partial charge in [0.1, 0.15) is 0 Å². The van der Waals surface area contributed by atoms with E-state index in [2.05, 4.69) is 4.98 Å². The average Bonchev–Trinajstić information content (AvgIpc) is 2.18. The fourth-order valence-corrected chi connectivity index (χ4v) is 1.69. The highest BCUT2D eigenvalue weighted by molar-refractivity contribution is 5.67. The summed E-state index contributed by atoms with van der Waals surface area (Å²) in [5, 5.41) is 8.62. The highest BCUT2D eigenvalue weighted by Gasteiger charge is 2.31. The predicted molar refractivity (Wildman–Crippen MR) is 59.1 cm³/mol. The third-order valence-corrected chi connectivity index (χ3v) is 2.61. The van der Waals surface area contributed by atoms with Crippen LogP contribution in [0, 0.1) is 12.8 Å². The van der Waals surface area contributed by atoms with Crippen molar-refractivity contribution >= 4 is 5.97 Å². The Labute approximate surface area is 103 Å². The SMILES string of the molecule is Cc1ncc(C(F)(F)F)cc1CC(C)CC(=O)O. The lowest BCUT2D eigenvalue weighted by molar-refractivity contribution is -0.139. The molecule has 6 heteroatoms. The smallest absolute Gasteiger partial charge is 0.417 e. The Kier molecular flexibility index (Phi) is 4.32. The first kappa shape index (κ1) is 14.5. The summed E-state index contributed by atoms with van der Waals surface area (Å²) in [5.41, 5.74) is 0.143. The van der Waals surface area contributed by atoms with Gasteiger partial charge in [-0.1, -0.05) is 6.92 Å². The molecular formula is C12H14F3NO2. The summed E-state index contributed by atoms with van der Waals surface area (Å²) in [6.07, 6.45) is -3.43. The van der Waals surface area contributed by atoms with Gasteiger partial charge in [-0.05, 0) is 30.9 Å². The average molecular weight is 261 g/mol. The normalized spacial score (nSPS) is 13.4. The monoisotopic (exact) mass is 261 g/mol. The molecule has 0 amide bonds. The fourth-order valence-electron chi connectivity index (χ4n) is 1.69. The predicted octanol–water partition coefficient (Wildman–Crippen LogP) is 3.06. The third-order valence-electron chi connectivity index (χ3n) is 2.61. The molecule has 1 unspecified atom stereocenters. The van der Waals surface area contributed by atoms with Gasteiger partial charge in [0.2, 0.25) is 0 Å². The standard InChI is InChI=1S/C12H14F3NO2/c1-7(4-11(17)18)3-9-5-10(12(13,14)15)6-16-8(9)2/h5-7H,3-4H2,1-2H3,(H,17,18). The third kappa shape index (κ3) is 4.01. The van der Waals surface area contributed by atoms with Gasteiger partial charge in [-0.3, -0.25) is 9.78 Å². The Morgan fingerprint density at radius 1 is 1.50 bits per heavy atom. The molecule has 18 heavy (non-hydrogen) atoms. The van der Waals surface area contributed by atoms with Gasteiger partial charge in [0, 0.05) is 18.3 Å². The summed E-state index contributed by atoms with van der Waals surface area (Å²) in [7, 11) is 0. The Hall–Kier alpha value is -1.59. The zero-order valence-corrected chi connectivity index (χ0v) is 10.1. The van der Waals surface area contributed by atoms with Crippen LogP contribution in [0.2, 0.25) is 0 Å². The van der Waals surface area contributed by atoms with Gasteiger partial charge >= 0.3 is 12.1 Å². The Bertz CT molecular complexity index is 443. The van der Waals surface area contributed by atoms with Crippen LogP contribution in [0.5, 0.6) is 0 Å². The van der Waals surface area contributed by atoms with Crippen molar-refractivity contribution in [3.63, 3.8) is 0 Å². The fraction of sp³-hybridized carbons (Fsp3) is 0.500. The quantitative estimate of drug-likeness (QED) is 0.906. The topological polar surface area (TPSA) is 50.2 Å². The lowest BCUT2D eigenvalue weighted by Gasteiger charge is -2.13. The molecule has 0 aliphatic heterocycles. The molecule has 0 spiro atoms. The van der Waals surface area contributed by atoms with Gasteiger partial charge in [-0.25, -0.2) is 0 Å². The number of hydrogen-bond donors (Lipinski definition) is 1. The molecule has 1 atom stereocenters. The number of aryl methyl sites for hydroxylation is 1. The molecular weight excluding hydrogens is 247 g/mol. The number of nitrogens with zero attached hydrogens (tertiary/aromatic N) is 1. The van der Waals surface area contributed by atoms with E-state index < -0.39 is 17.7 Å². The Balaban J connectivity index is 2.91. The van der Waals surface area contributed by atoms with Crippen molar-refractivity contribution in [2.45, 2.75) is 32.9 Å². The molecule has 1 rings (SSSR count). The van der Waals surface area contributed by atoms with Crippen molar-refractivity contribution in [1.82, 2.24) is 4.98 Å². The second-order valence-corrected chi connectivity index (χ2v) is 4.37. The van der Waals surface area contributed by atoms with Gasteiger partial charge in [-0.2, -0.15) is 13.2 Å². The van der Waals surface area contributed by atoms with E-state index in [0.29, 0.717) is 11.3 Å². The van der Waals surface area contributed by atoms with Gasteiger partial charge in [0.25, 0.3) is 0 Å². The van der Waals surface area contributed by atoms with Crippen molar-refractivity contribution in [2.75, 3.05) is 0 Å². The first-order valence-corrected chi connectivity index (χ1v) is 5.44. The zero-order valence-electron chi connectivity index (χ0n) is 10.1. The molecule has 1 N–H and O–H groups in total. The summed E-state index contributed by atoms with van der Waals surface area (Å²) < 4.78 is 37.5. The highest BCUT2D eigenvalue weighted by atomic mass is 19.4. The molecule has 0 aliphatic carbocycles. The van der Waals surface area contributed by atoms with Gasteiger partial charge < -0.3 is 5.11 Å². The number of pyridine rings is 1. The molecule has 1 aromatic heterocycles. The van der Waals surface area contributed by atoms with Gasteiger partial charge in [0.15, 0.2) is 0 Å². The van der Waals surface area contributed by atoms with Crippen LogP contribution in [0.1, 0.15) is 30.2 Å². The summed E-state index contributed by atoms with van der Waals surface area (Å²) in [4.78, 5) is 14.2. The van der Waals surface area contributed by atoms with Crippen molar-refractivity contribution in [1.29, 1.82) is 0 Å². The molecule has 0 bridgehead atoms. The lowest BCUT2D eigenvalue weighted by Crippen LogP contribution is -2.11. The van der Waals surface area contributed by atoms with Crippen LogP contribution < -0.4 is 0 Å². The van der Waals surface area contributed by atoms with Crippen molar-refractivity contribution in [2.24, 2.45) is 5.92 Å². The van der Waals surface area contributed by atoms with E-state index in [-0.39, 0.29) is 18.8 Å². The molecule has 100 valence electrons. The number of halogens is 3. The number of aliphatic carboxylic acids is 1. The van der Waals surface area contributed by atoms with Crippen LogP contribution in [-0.4, -0.2) is 16.1 Å². The minimum Gasteiger partial charge on any atom is -0.481 e. The van der Waals surface area contributed by atoms with E-state index in [1.165, 1.54) is 0 Å². The zero-order chi connectivity index (χ0) is 13.9. The number of carboxylic acid groups (broad SMARTS) is 1.